The van der Waals surface area contributed by atoms with Crippen molar-refractivity contribution < 1.29 is 57.2 Å². The summed E-state index contributed by atoms with van der Waals surface area (Å²) in [7, 11) is 4.65. The average Bonchev–Trinajstić information content (AvgIpc) is 4.15. The molecule has 6 aliphatic rings. The van der Waals surface area contributed by atoms with Crippen molar-refractivity contribution in [3.8, 4) is 28.7 Å². The number of ether oxygens (including phenoxy) is 5. The largest absolute Gasteiger partial charge is 0.497 e. The zero-order valence-corrected chi connectivity index (χ0v) is 45.0. The predicted octanol–water partition coefficient (Wildman–Crippen LogP) is 7.33. The van der Waals surface area contributed by atoms with Gasteiger partial charge in [0, 0.05) is 87.2 Å². The van der Waals surface area contributed by atoms with Crippen LogP contribution in [0.1, 0.15) is 96.6 Å². The molecule has 1 aliphatic carbocycles. The zero-order chi connectivity index (χ0) is 56.1. The molecule has 4 aromatic carbocycles. The number of hydrogen-bond donors (Lipinski definition) is 3. The summed E-state index contributed by atoms with van der Waals surface area (Å²) in [6.07, 6.45) is 14.7. The Morgan fingerprint density at radius 3 is 1.69 bits per heavy atom. The van der Waals surface area contributed by atoms with Crippen molar-refractivity contribution in [3.63, 3.8) is 0 Å². The highest BCUT2D eigenvalue weighted by Gasteiger charge is 2.51. The topological polar surface area (TPSA) is 236 Å². The van der Waals surface area contributed by atoms with Crippen LogP contribution in [0, 0.1) is 5.41 Å². The Bertz CT molecular complexity index is 3270. The molecule has 414 valence electrons. The first-order chi connectivity index (χ1) is 38.8. The highest BCUT2D eigenvalue weighted by Crippen LogP contribution is 2.44. The molecule has 10 rings (SSSR count). The molecular weight excluding hydrogens is 1020 g/mol. The number of benzene rings is 4. The molecule has 0 aromatic heterocycles. The molecule has 5 heterocycles. The zero-order valence-electron chi connectivity index (χ0n) is 45.0. The van der Waals surface area contributed by atoms with E-state index in [0.717, 1.165) is 28.0 Å². The first kappa shape index (κ1) is 54.3. The molecule has 1 saturated carbocycles. The number of carbonyl (C=O) groups excluding carboxylic acids is 7. The lowest BCUT2D eigenvalue weighted by atomic mass is 9.67. The van der Waals surface area contributed by atoms with Crippen LogP contribution in [0.3, 0.4) is 0 Å². The van der Waals surface area contributed by atoms with Gasteiger partial charge in [0.2, 0.25) is 17.7 Å². The molecule has 5 aliphatic heterocycles. The van der Waals surface area contributed by atoms with Crippen LogP contribution in [0.5, 0.6) is 28.7 Å². The van der Waals surface area contributed by atoms with E-state index in [1.54, 1.807) is 72.7 Å². The van der Waals surface area contributed by atoms with Crippen LogP contribution in [0.15, 0.2) is 107 Å². The highest BCUT2D eigenvalue weighted by molar-refractivity contribution is 6.13. The number of hydrogen-bond acceptors (Lipinski definition) is 14. The second-order valence-corrected chi connectivity index (χ2v) is 20.3. The number of fused-ring (bicyclic) bond motifs is 4. The fraction of sp³-hybridized carbons (Fsp3) is 0.350. The molecular formula is C60H62N8O12. The summed E-state index contributed by atoms with van der Waals surface area (Å²) in [5, 5.41) is 8.45. The summed E-state index contributed by atoms with van der Waals surface area (Å²) in [6, 6.07) is 20.1. The minimum atomic E-state index is -1.25. The summed E-state index contributed by atoms with van der Waals surface area (Å²) >= 11 is 0. The van der Waals surface area contributed by atoms with Crippen LogP contribution in [0.4, 0.5) is 17.1 Å². The van der Waals surface area contributed by atoms with Crippen molar-refractivity contribution in [1.29, 1.82) is 0 Å². The van der Waals surface area contributed by atoms with Gasteiger partial charge in [-0.05, 0) is 97.7 Å². The van der Waals surface area contributed by atoms with Crippen molar-refractivity contribution in [2.45, 2.75) is 82.8 Å². The lowest BCUT2D eigenvalue weighted by molar-refractivity contribution is -0.150. The summed E-state index contributed by atoms with van der Waals surface area (Å²) < 4.78 is 29.0. The summed E-state index contributed by atoms with van der Waals surface area (Å²) in [6.45, 7) is 2.72. The van der Waals surface area contributed by atoms with E-state index in [9.17, 15) is 33.6 Å². The lowest BCUT2D eigenvalue weighted by Gasteiger charge is -2.39. The third-order valence-corrected chi connectivity index (χ3v) is 15.3. The fourth-order valence-corrected chi connectivity index (χ4v) is 10.5. The Morgan fingerprint density at radius 2 is 1.19 bits per heavy atom. The quantitative estimate of drug-likeness (QED) is 0.0399. The van der Waals surface area contributed by atoms with Gasteiger partial charge in [-0.3, -0.25) is 48.4 Å². The van der Waals surface area contributed by atoms with Gasteiger partial charge in [-0.15, -0.1) is 0 Å². The SMILES string of the molecule is COc1ccc(C2=CN3C(=O)c4cc(OC)c(OCCCOc5cc6c(cc5OC)C(=O)N5C=C(c7ccc(NC(=O)[C@H](C)NC(=O)C8(C(=O)NCCCCCN9C(=O)C=CC9=O)CCC8)cc7)CC5C=N6)cc4N=CC3C2)cc1. The average molecular weight is 1090 g/mol. The minimum Gasteiger partial charge on any atom is -0.497 e. The third kappa shape index (κ3) is 11.1. The lowest BCUT2D eigenvalue weighted by Crippen LogP contribution is -2.58. The maximum Gasteiger partial charge on any atom is 0.260 e. The smallest absolute Gasteiger partial charge is 0.260 e. The second kappa shape index (κ2) is 23.5. The number of aliphatic imine (C=N–C) groups is 2. The maximum atomic E-state index is 14.1. The molecule has 80 heavy (non-hydrogen) atoms. The van der Waals surface area contributed by atoms with E-state index in [1.807, 2.05) is 48.8 Å². The van der Waals surface area contributed by atoms with Crippen molar-refractivity contribution in [3.05, 3.63) is 120 Å². The molecule has 3 N–H and O–H groups in total. The van der Waals surface area contributed by atoms with Gasteiger partial charge in [0.05, 0.1) is 69.1 Å². The number of nitrogens with zero attached hydrogens (tertiary/aromatic N) is 5. The van der Waals surface area contributed by atoms with Gasteiger partial charge in [0.1, 0.15) is 17.2 Å². The molecule has 0 radical (unpaired) electrons. The number of unbranched alkanes of at least 4 members (excludes halogenated alkanes) is 2. The van der Waals surface area contributed by atoms with Gasteiger partial charge in [-0.25, -0.2) is 0 Å². The Hall–Kier alpha value is -9.07. The third-order valence-electron chi connectivity index (χ3n) is 15.3. The standard InChI is InChI=1S/C60H62N8O12/c1-36(64-59(75)60(20-8-21-60)58(74)61-22-6-5-7-23-66-53(69)18-19-54(66)70)55(71)65-41-14-10-37(11-15-41)39-26-42-32-62-47-30-51(49(77-3)28-45(47)56(72)67(42)34-39)79-24-9-25-80-52-31-48-46(29-50(52)78-4)57(73)68-35-40(27-43(68)33-63-48)38-12-16-44(76-2)17-13-38/h10-19,28-36,42-43H,5-9,20-27H2,1-4H3,(H,61,74)(H,64,75)(H,65,71)/t36-,42?,43?/m0/s1. The van der Waals surface area contributed by atoms with Gasteiger partial charge in [0.25, 0.3) is 23.6 Å². The van der Waals surface area contributed by atoms with Crippen LogP contribution in [0.25, 0.3) is 11.1 Å². The van der Waals surface area contributed by atoms with Crippen LogP contribution >= 0.6 is 0 Å². The molecule has 0 spiro atoms. The van der Waals surface area contributed by atoms with Crippen LogP contribution in [-0.4, -0.2) is 134 Å². The van der Waals surface area contributed by atoms with Crippen LogP contribution in [-0.2, 0) is 24.0 Å². The Balaban J connectivity index is 0.689. The van der Waals surface area contributed by atoms with Gasteiger partial charge in [-0.1, -0.05) is 30.7 Å². The molecule has 0 bridgehead atoms. The first-order valence-electron chi connectivity index (χ1n) is 26.8. The Morgan fingerprint density at radius 1 is 0.650 bits per heavy atom. The number of anilines is 1. The number of rotatable bonds is 22. The van der Waals surface area contributed by atoms with Gasteiger partial charge < -0.3 is 49.4 Å². The van der Waals surface area contributed by atoms with Gasteiger partial charge in [0.15, 0.2) is 23.0 Å². The van der Waals surface area contributed by atoms with Gasteiger partial charge in [-0.2, -0.15) is 0 Å². The van der Waals surface area contributed by atoms with E-state index in [0.29, 0.717) is 122 Å². The Labute approximate surface area is 462 Å². The monoisotopic (exact) mass is 1090 g/mol. The molecule has 1 fully saturated rings. The van der Waals surface area contributed by atoms with Crippen LogP contribution in [0.2, 0.25) is 0 Å². The second-order valence-electron chi connectivity index (χ2n) is 20.3. The predicted molar refractivity (Wildman–Crippen MR) is 298 cm³/mol. The molecule has 4 aromatic rings. The van der Waals surface area contributed by atoms with Crippen molar-refractivity contribution >= 4 is 82.0 Å². The van der Waals surface area contributed by atoms with E-state index in [1.165, 1.54) is 31.3 Å². The number of amides is 7. The molecule has 20 nitrogen and oxygen atoms in total. The van der Waals surface area contributed by atoms with E-state index in [-0.39, 0.29) is 54.8 Å². The van der Waals surface area contributed by atoms with Crippen molar-refractivity contribution in [1.82, 2.24) is 25.3 Å². The molecule has 3 atom stereocenters. The van der Waals surface area contributed by atoms with Crippen molar-refractivity contribution in [2.24, 2.45) is 15.4 Å². The number of nitrogens with one attached hydrogen (secondary N) is 3. The Kier molecular flexibility index (Phi) is 15.9. The van der Waals surface area contributed by atoms with E-state index >= 15 is 0 Å². The molecule has 7 amide bonds. The normalized spacial score (nSPS) is 18.6. The van der Waals surface area contributed by atoms with E-state index < -0.39 is 23.3 Å². The molecule has 0 saturated heterocycles. The minimum absolute atomic E-state index is 0.184. The maximum absolute atomic E-state index is 14.1. The van der Waals surface area contributed by atoms with E-state index in [2.05, 4.69) is 16.0 Å². The number of methoxy groups -OCH3 is 3. The summed E-state index contributed by atoms with van der Waals surface area (Å²) in [4.78, 5) is 105. The number of carbonyl (C=O) groups is 7. The summed E-state index contributed by atoms with van der Waals surface area (Å²) in [5.74, 6) is -0.0402. The molecule has 20 heteroatoms. The van der Waals surface area contributed by atoms with Gasteiger partial charge >= 0.3 is 0 Å². The fourth-order valence-electron chi connectivity index (χ4n) is 10.5. The summed E-state index contributed by atoms with van der Waals surface area (Å²) in [5.41, 5.74) is 4.70. The van der Waals surface area contributed by atoms with Crippen LogP contribution < -0.4 is 39.6 Å². The number of imide groups is 1. The highest BCUT2D eigenvalue weighted by atomic mass is 16.5. The van der Waals surface area contributed by atoms with E-state index in [4.69, 9.17) is 33.7 Å². The van der Waals surface area contributed by atoms with Crippen molar-refractivity contribution in [2.75, 3.05) is 52.9 Å². The molecule has 2 unspecified atom stereocenters. The first-order valence-corrected chi connectivity index (χ1v) is 26.8.